The summed E-state index contributed by atoms with van der Waals surface area (Å²) < 4.78 is 4.66. The second-order valence-electron chi connectivity index (χ2n) is 6.15. The topological polar surface area (TPSA) is 75.9 Å². The van der Waals surface area contributed by atoms with Crippen molar-refractivity contribution >= 4 is 24.3 Å². The van der Waals surface area contributed by atoms with E-state index in [0.717, 1.165) is 25.9 Å². The van der Waals surface area contributed by atoms with Gasteiger partial charge in [-0.05, 0) is 18.8 Å². The van der Waals surface area contributed by atoms with Gasteiger partial charge in [0.2, 0.25) is 5.91 Å². The maximum Gasteiger partial charge on any atom is 0.319 e. The van der Waals surface area contributed by atoms with Gasteiger partial charge in [0.15, 0.2) is 0 Å². The molecular weight excluding hydrogens is 306 g/mol. The molecule has 1 amide bonds. The number of piperazine rings is 1. The number of ether oxygens (including phenoxy) is 1. The summed E-state index contributed by atoms with van der Waals surface area (Å²) in [6.45, 7) is 3.16. The third-order valence-electron chi connectivity index (χ3n) is 4.71. The van der Waals surface area contributed by atoms with Crippen LogP contribution in [-0.4, -0.2) is 67.6 Å². The van der Waals surface area contributed by atoms with E-state index < -0.39 is 0 Å². The molecular formula is C15H28ClN3O3. The number of carbonyl (C=O) groups is 2. The molecule has 1 saturated heterocycles. The Morgan fingerprint density at radius 3 is 2.36 bits per heavy atom. The van der Waals surface area contributed by atoms with Crippen LogP contribution in [0.15, 0.2) is 0 Å². The Bertz CT molecular complexity index is 373. The lowest BCUT2D eigenvalue weighted by Gasteiger charge is -2.36. The zero-order valence-corrected chi connectivity index (χ0v) is 14.1. The number of carbonyl (C=O) groups excluding carboxylic acids is 2. The van der Waals surface area contributed by atoms with Crippen LogP contribution in [0, 0.1) is 5.92 Å². The van der Waals surface area contributed by atoms with Crippen molar-refractivity contribution in [2.24, 2.45) is 11.7 Å². The monoisotopic (exact) mass is 333 g/mol. The number of methoxy groups -OCH3 is 1. The normalized spacial score (nSPS) is 26.2. The van der Waals surface area contributed by atoms with Crippen molar-refractivity contribution in [1.29, 1.82) is 0 Å². The summed E-state index contributed by atoms with van der Waals surface area (Å²) in [6.07, 6.45) is 5.09. The first-order valence-electron chi connectivity index (χ1n) is 7.92. The summed E-state index contributed by atoms with van der Waals surface area (Å²) in [5, 5.41) is 0. The van der Waals surface area contributed by atoms with Crippen LogP contribution in [0.3, 0.4) is 0 Å². The van der Waals surface area contributed by atoms with Crippen molar-refractivity contribution in [3.8, 4) is 0 Å². The average Bonchev–Trinajstić information content (AvgIpc) is 2.50. The molecule has 2 rings (SSSR count). The number of esters is 1. The Labute approximate surface area is 138 Å². The number of hydrogen-bond donors (Lipinski definition) is 1. The number of nitrogens with zero attached hydrogens (tertiary/aromatic N) is 2. The van der Waals surface area contributed by atoms with Crippen molar-refractivity contribution < 1.29 is 14.3 Å². The minimum Gasteiger partial charge on any atom is -0.468 e. The molecule has 1 heterocycles. The molecule has 1 saturated carbocycles. The van der Waals surface area contributed by atoms with Gasteiger partial charge >= 0.3 is 5.97 Å². The summed E-state index contributed by atoms with van der Waals surface area (Å²) in [7, 11) is 1.40. The minimum atomic E-state index is -0.219. The molecule has 0 spiro atoms. The van der Waals surface area contributed by atoms with Gasteiger partial charge in [-0.2, -0.15) is 0 Å². The lowest BCUT2D eigenvalue weighted by Crippen LogP contribution is -2.50. The zero-order valence-electron chi connectivity index (χ0n) is 13.3. The van der Waals surface area contributed by atoms with Gasteiger partial charge < -0.3 is 15.4 Å². The van der Waals surface area contributed by atoms with E-state index in [2.05, 4.69) is 4.74 Å². The van der Waals surface area contributed by atoms with Gasteiger partial charge in [-0.15, -0.1) is 12.4 Å². The van der Waals surface area contributed by atoms with Gasteiger partial charge in [0.1, 0.15) is 0 Å². The largest absolute Gasteiger partial charge is 0.468 e. The summed E-state index contributed by atoms with van der Waals surface area (Å²) >= 11 is 0. The molecule has 2 N–H and O–H groups in total. The molecule has 1 aliphatic carbocycles. The molecule has 0 bridgehead atoms. The molecule has 7 heteroatoms. The van der Waals surface area contributed by atoms with Crippen molar-refractivity contribution in [2.45, 2.75) is 38.1 Å². The maximum absolute atomic E-state index is 12.4. The van der Waals surface area contributed by atoms with Gasteiger partial charge in [0.25, 0.3) is 0 Å². The molecule has 2 atom stereocenters. The van der Waals surface area contributed by atoms with Crippen LogP contribution in [0.25, 0.3) is 0 Å². The first kappa shape index (κ1) is 19.2. The number of halogens is 1. The fourth-order valence-electron chi connectivity index (χ4n) is 3.25. The van der Waals surface area contributed by atoms with Gasteiger partial charge in [0.05, 0.1) is 13.7 Å². The summed E-state index contributed by atoms with van der Waals surface area (Å²) in [5.41, 5.74) is 6.12. The Hall–Kier alpha value is -0.850. The standard InChI is InChI=1S/C15H27N3O3.ClH/c1-21-15(20)11-17-6-8-18(9-7-17)14(19)10-12-4-2-3-5-13(12)16;/h12-13H,2-11,16H2,1H3;1H. The molecule has 0 aromatic rings. The molecule has 2 fully saturated rings. The van der Waals surface area contributed by atoms with Crippen LogP contribution in [0.4, 0.5) is 0 Å². The zero-order chi connectivity index (χ0) is 15.2. The van der Waals surface area contributed by atoms with Crippen LogP contribution in [0.2, 0.25) is 0 Å². The molecule has 2 aliphatic rings. The van der Waals surface area contributed by atoms with Crippen LogP contribution in [0.1, 0.15) is 32.1 Å². The third-order valence-corrected chi connectivity index (χ3v) is 4.71. The molecule has 0 aromatic heterocycles. The van der Waals surface area contributed by atoms with Gasteiger partial charge in [-0.25, -0.2) is 0 Å². The highest BCUT2D eigenvalue weighted by atomic mass is 35.5. The number of nitrogens with two attached hydrogens (primary N) is 1. The van der Waals surface area contributed by atoms with Crippen molar-refractivity contribution in [2.75, 3.05) is 39.8 Å². The second-order valence-corrected chi connectivity index (χ2v) is 6.15. The van der Waals surface area contributed by atoms with E-state index >= 15 is 0 Å². The summed E-state index contributed by atoms with van der Waals surface area (Å²) in [6, 6.07) is 0.184. The van der Waals surface area contributed by atoms with Crippen LogP contribution in [-0.2, 0) is 14.3 Å². The predicted molar refractivity (Wildman–Crippen MR) is 86.8 cm³/mol. The van der Waals surface area contributed by atoms with Gasteiger partial charge in [-0.3, -0.25) is 14.5 Å². The molecule has 128 valence electrons. The predicted octanol–water partition coefficient (Wildman–Crippen LogP) is 0.633. The molecule has 6 nitrogen and oxygen atoms in total. The van der Waals surface area contributed by atoms with Gasteiger partial charge in [0, 0.05) is 38.6 Å². The molecule has 1 aliphatic heterocycles. The highest BCUT2D eigenvalue weighted by Crippen LogP contribution is 2.26. The number of rotatable bonds is 4. The average molecular weight is 334 g/mol. The SMILES string of the molecule is COC(=O)CN1CCN(C(=O)CC2CCCCC2N)CC1.Cl. The first-order valence-corrected chi connectivity index (χ1v) is 7.92. The molecule has 0 radical (unpaired) electrons. The van der Waals surface area contributed by atoms with Crippen LogP contribution in [0.5, 0.6) is 0 Å². The Kier molecular flexibility index (Phi) is 8.14. The number of amides is 1. The fraction of sp³-hybridized carbons (Fsp3) is 0.867. The quantitative estimate of drug-likeness (QED) is 0.764. The van der Waals surface area contributed by atoms with Crippen LogP contribution >= 0.6 is 12.4 Å². The molecule has 22 heavy (non-hydrogen) atoms. The van der Waals surface area contributed by atoms with E-state index in [1.807, 2.05) is 9.80 Å². The fourth-order valence-corrected chi connectivity index (χ4v) is 3.25. The first-order chi connectivity index (χ1) is 10.1. The van der Waals surface area contributed by atoms with E-state index in [0.29, 0.717) is 32.0 Å². The van der Waals surface area contributed by atoms with E-state index in [-0.39, 0.29) is 30.3 Å². The molecule has 2 unspecified atom stereocenters. The lowest BCUT2D eigenvalue weighted by molar-refractivity contribution is -0.142. The third kappa shape index (κ3) is 5.41. The van der Waals surface area contributed by atoms with Crippen molar-refractivity contribution in [3.63, 3.8) is 0 Å². The Morgan fingerprint density at radius 2 is 1.77 bits per heavy atom. The summed E-state index contributed by atoms with van der Waals surface area (Å²) in [4.78, 5) is 27.5. The molecule has 0 aromatic carbocycles. The van der Waals surface area contributed by atoms with E-state index in [4.69, 9.17) is 5.73 Å². The lowest BCUT2D eigenvalue weighted by atomic mass is 9.82. The number of hydrogen-bond acceptors (Lipinski definition) is 5. The maximum atomic E-state index is 12.4. The summed E-state index contributed by atoms with van der Waals surface area (Å²) in [5.74, 6) is 0.345. The highest BCUT2D eigenvalue weighted by molar-refractivity contribution is 5.85. The Balaban J connectivity index is 0.00000242. The smallest absolute Gasteiger partial charge is 0.319 e. The van der Waals surface area contributed by atoms with E-state index in [1.165, 1.54) is 20.0 Å². The van der Waals surface area contributed by atoms with E-state index in [9.17, 15) is 9.59 Å². The second kappa shape index (κ2) is 9.33. The van der Waals surface area contributed by atoms with Crippen molar-refractivity contribution in [3.05, 3.63) is 0 Å². The van der Waals surface area contributed by atoms with Gasteiger partial charge in [-0.1, -0.05) is 12.8 Å². The van der Waals surface area contributed by atoms with Crippen LogP contribution < -0.4 is 5.73 Å². The minimum absolute atomic E-state index is 0. The Morgan fingerprint density at radius 1 is 1.14 bits per heavy atom. The highest BCUT2D eigenvalue weighted by Gasteiger charge is 2.28. The van der Waals surface area contributed by atoms with Crippen molar-refractivity contribution in [1.82, 2.24) is 9.80 Å². The van der Waals surface area contributed by atoms with E-state index in [1.54, 1.807) is 0 Å².